The number of hydrogen-bond acceptors (Lipinski definition) is 8. The molecule has 184 valence electrons. The van der Waals surface area contributed by atoms with Crippen LogP contribution in [0.2, 0.25) is 0 Å². The van der Waals surface area contributed by atoms with Gasteiger partial charge in [-0.3, -0.25) is 14.0 Å². The monoisotopic (exact) mass is 507 g/mol. The van der Waals surface area contributed by atoms with Gasteiger partial charge in [-0.25, -0.2) is 22.8 Å². The average Bonchev–Trinajstić information content (AvgIpc) is 3.19. The lowest BCUT2D eigenvalue weighted by molar-refractivity contribution is -0.115. The summed E-state index contributed by atoms with van der Waals surface area (Å²) in [6.45, 7) is -3.78. The van der Waals surface area contributed by atoms with E-state index in [4.69, 9.17) is 0 Å². The Hall–Kier alpha value is -3.94. The van der Waals surface area contributed by atoms with E-state index in [1.54, 1.807) is 18.2 Å². The van der Waals surface area contributed by atoms with Crippen molar-refractivity contribution in [3.05, 3.63) is 59.7 Å². The van der Waals surface area contributed by atoms with Crippen LogP contribution in [0.4, 0.5) is 42.1 Å². The third-order valence-corrected chi connectivity index (χ3v) is 6.44. The molecular formula is C21H20F3N7O3S. The summed E-state index contributed by atoms with van der Waals surface area (Å²) >= 11 is 0. The van der Waals surface area contributed by atoms with Crippen LogP contribution in [0.1, 0.15) is 11.1 Å². The van der Waals surface area contributed by atoms with Gasteiger partial charge in [-0.1, -0.05) is 12.1 Å². The zero-order valence-corrected chi connectivity index (χ0v) is 19.4. The third-order valence-electron chi connectivity index (χ3n) is 5.27. The standard InChI is InChI=1S/C21H20F3N7O3S/c1-30(35(2,33)34)18-12(5-4-8-25-18)11-31(20(23)24)19-14(22)10-26-21(29-19)28-16-7-3-6-15-13(16)9-17(32)27-15/h3-8,10,20H,9,11H2,1-2H3,(H,27,32)(H,26,28,29). The van der Waals surface area contributed by atoms with Gasteiger partial charge in [-0.15, -0.1) is 0 Å². The first-order chi connectivity index (χ1) is 16.5. The van der Waals surface area contributed by atoms with Crippen molar-refractivity contribution in [1.82, 2.24) is 15.0 Å². The Bertz CT molecular complexity index is 1390. The van der Waals surface area contributed by atoms with E-state index in [1.807, 2.05) is 0 Å². The summed E-state index contributed by atoms with van der Waals surface area (Å²) < 4.78 is 67.6. The summed E-state index contributed by atoms with van der Waals surface area (Å²) in [6.07, 6.45) is 3.12. The summed E-state index contributed by atoms with van der Waals surface area (Å²) in [5, 5.41) is 5.54. The number of rotatable bonds is 8. The van der Waals surface area contributed by atoms with Gasteiger partial charge in [0, 0.05) is 35.7 Å². The Balaban J connectivity index is 1.67. The predicted molar refractivity (Wildman–Crippen MR) is 124 cm³/mol. The number of sulfonamides is 1. The Morgan fingerprint density at radius 3 is 2.66 bits per heavy atom. The highest BCUT2D eigenvalue weighted by molar-refractivity contribution is 7.92. The average molecular weight is 507 g/mol. The van der Waals surface area contributed by atoms with Gasteiger partial charge in [0.05, 0.1) is 25.4 Å². The minimum absolute atomic E-state index is 0.0783. The fraction of sp³-hybridized carbons (Fsp3) is 0.238. The maximum Gasteiger partial charge on any atom is 0.316 e. The molecule has 1 aliphatic heterocycles. The molecule has 4 rings (SSSR count). The fourth-order valence-corrected chi connectivity index (χ4v) is 4.00. The molecule has 1 amide bonds. The lowest BCUT2D eigenvalue weighted by Gasteiger charge is -2.26. The number of pyridine rings is 1. The summed E-state index contributed by atoms with van der Waals surface area (Å²) in [5.41, 5.74) is 1.81. The van der Waals surface area contributed by atoms with E-state index >= 15 is 0 Å². The molecule has 14 heteroatoms. The van der Waals surface area contributed by atoms with E-state index < -0.39 is 34.8 Å². The van der Waals surface area contributed by atoms with E-state index in [2.05, 4.69) is 25.6 Å². The highest BCUT2D eigenvalue weighted by Crippen LogP contribution is 2.32. The summed E-state index contributed by atoms with van der Waals surface area (Å²) in [7, 11) is -2.50. The third kappa shape index (κ3) is 5.11. The van der Waals surface area contributed by atoms with E-state index in [0.717, 1.165) is 16.8 Å². The maximum absolute atomic E-state index is 14.6. The molecule has 0 atom stereocenters. The zero-order chi connectivity index (χ0) is 25.3. The number of aromatic nitrogens is 3. The number of carbonyl (C=O) groups excluding carboxylic acids is 1. The van der Waals surface area contributed by atoms with E-state index in [-0.39, 0.29) is 29.7 Å². The number of halogens is 3. The smallest absolute Gasteiger partial charge is 0.316 e. The number of anilines is 5. The summed E-state index contributed by atoms with van der Waals surface area (Å²) in [4.78, 5) is 23.9. The first-order valence-electron chi connectivity index (χ1n) is 10.2. The highest BCUT2D eigenvalue weighted by atomic mass is 32.2. The molecule has 10 nitrogen and oxygen atoms in total. The molecule has 0 saturated heterocycles. The summed E-state index contributed by atoms with van der Waals surface area (Å²) in [5.74, 6) is -2.25. The predicted octanol–water partition coefficient (Wildman–Crippen LogP) is 2.87. The summed E-state index contributed by atoms with van der Waals surface area (Å²) in [6, 6.07) is 7.90. The van der Waals surface area contributed by atoms with Crippen LogP contribution in [0.5, 0.6) is 0 Å². The largest absolute Gasteiger partial charge is 0.325 e. The van der Waals surface area contributed by atoms with Crippen LogP contribution in [0.25, 0.3) is 0 Å². The van der Waals surface area contributed by atoms with Gasteiger partial charge < -0.3 is 10.6 Å². The second kappa shape index (κ2) is 9.37. The van der Waals surface area contributed by atoms with Gasteiger partial charge in [0.25, 0.3) is 0 Å². The van der Waals surface area contributed by atoms with Crippen LogP contribution < -0.4 is 19.8 Å². The number of fused-ring (bicyclic) bond motifs is 1. The number of alkyl halides is 2. The van der Waals surface area contributed by atoms with Crippen LogP contribution in [-0.2, 0) is 27.8 Å². The topological polar surface area (TPSA) is 120 Å². The van der Waals surface area contributed by atoms with Gasteiger partial charge >= 0.3 is 6.55 Å². The SMILES string of the molecule is CN(c1ncccc1CN(c1nc(Nc2cccc3c2CC(=O)N3)ncc1F)C(F)F)S(C)(=O)=O. The number of amides is 1. The molecule has 1 aromatic carbocycles. The quantitative estimate of drug-likeness (QED) is 0.447. The van der Waals surface area contributed by atoms with Crippen molar-refractivity contribution in [3.8, 4) is 0 Å². The lowest BCUT2D eigenvalue weighted by atomic mass is 10.1. The van der Waals surface area contributed by atoms with Crippen LogP contribution in [0, 0.1) is 5.82 Å². The minimum atomic E-state index is -3.73. The van der Waals surface area contributed by atoms with Crippen LogP contribution >= 0.6 is 0 Å². The van der Waals surface area contributed by atoms with Crippen LogP contribution in [0.3, 0.4) is 0 Å². The number of nitrogens with one attached hydrogen (secondary N) is 2. The molecule has 0 unspecified atom stereocenters. The molecule has 0 spiro atoms. The number of nitrogens with zero attached hydrogens (tertiary/aromatic N) is 5. The van der Waals surface area contributed by atoms with Gasteiger partial charge in [0.15, 0.2) is 11.6 Å². The first-order valence-corrected chi connectivity index (χ1v) is 12.0. The van der Waals surface area contributed by atoms with Gasteiger partial charge in [-0.05, 0) is 18.2 Å². The second-order valence-electron chi connectivity index (χ2n) is 7.67. The molecule has 0 bridgehead atoms. The van der Waals surface area contributed by atoms with Crippen molar-refractivity contribution < 1.29 is 26.4 Å². The van der Waals surface area contributed by atoms with E-state index in [1.165, 1.54) is 25.4 Å². The molecule has 0 saturated carbocycles. The van der Waals surface area contributed by atoms with Gasteiger partial charge in [0.2, 0.25) is 21.9 Å². The second-order valence-corrected chi connectivity index (χ2v) is 9.68. The Labute approximate surface area is 198 Å². The van der Waals surface area contributed by atoms with Crippen LogP contribution in [0.15, 0.2) is 42.7 Å². The van der Waals surface area contributed by atoms with Crippen molar-refractivity contribution in [2.24, 2.45) is 0 Å². The normalized spacial score (nSPS) is 12.9. The van der Waals surface area contributed by atoms with E-state index in [9.17, 15) is 26.4 Å². The number of carbonyl (C=O) groups is 1. The molecule has 0 radical (unpaired) electrons. The highest BCUT2D eigenvalue weighted by Gasteiger charge is 2.27. The maximum atomic E-state index is 14.6. The molecule has 3 heterocycles. The molecular weight excluding hydrogens is 487 g/mol. The van der Waals surface area contributed by atoms with E-state index in [0.29, 0.717) is 21.8 Å². The molecule has 2 aromatic heterocycles. The Morgan fingerprint density at radius 1 is 1.17 bits per heavy atom. The first kappa shape index (κ1) is 24.2. The Kier molecular flexibility index (Phi) is 6.47. The molecule has 35 heavy (non-hydrogen) atoms. The molecule has 0 aliphatic carbocycles. The van der Waals surface area contributed by atoms with Crippen molar-refractivity contribution in [1.29, 1.82) is 0 Å². The minimum Gasteiger partial charge on any atom is -0.325 e. The van der Waals surface area contributed by atoms with Crippen molar-refractivity contribution in [3.63, 3.8) is 0 Å². The van der Waals surface area contributed by atoms with Gasteiger partial charge in [-0.2, -0.15) is 13.8 Å². The molecule has 3 aromatic rings. The molecule has 2 N–H and O–H groups in total. The fourth-order valence-electron chi connectivity index (χ4n) is 3.52. The number of hydrogen-bond donors (Lipinski definition) is 2. The van der Waals surface area contributed by atoms with Crippen molar-refractivity contribution >= 4 is 44.9 Å². The molecule has 1 aliphatic rings. The Morgan fingerprint density at radius 2 is 1.94 bits per heavy atom. The van der Waals surface area contributed by atoms with Crippen LogP contribution in [-0.4, -0.2) is 49.1 Å². The van der Waals surface area contributed by atoms with Gasteiger partial charge in [0.1, 0.15) is 5.82 Å². The van der Waals surface area contributed by atoms with Crippen molar-refractivity contribution in [2.45, 2.75) is 19.5 Å². The van der Waals surface area contributed by atoms with Crippen molar-refractivity contribution in [2.75, 3.05) is 33.1 Å². The lowest BCUT2D eigenvalue weighted by Crippen LogP contribution is -2.32. The molecule has 0 fully saturated rings. The zero-order valence-electron chi connectivity index (χ0n) is 18.5. The number of benzene rings is 1.